The molecule has 7 heteroatoms. The molecule has 0 atom stereocenters. The van der Waals surface area contributed by atoms with E-state index >= 15 is 0 Å². The molecule has 1 N–H and O–H groups in total. The molecule has 0 radical (unpaired) electrons. The van der Waals surface area contributed by atoms with Gasteiger partial charge < -0.3 is 5.11 Å². The minimum Gasteiger partial charge on any atom is -0.478 e. The average Bonchev–Trinajstić information content (AvgIpc) is 2.52. The summed E-state index contributed by atoms with van der Waals surface area (Å²) in [6, 6.07) is 11.0. The van der Waals surface area contributed by atoms with E-state index in [-0.39, 0.29) is 21.7 Å². The van der Waals surface area contributed by atoms with Gasteiger partial charge in [-0.15, -0.1) is 0 Å². The Kier molecular flexibility index (Phi) is 3.93. The molecule has 2 aromatic carbocycles. The number of benzene rings is 2. The molecule has 0 bridgehead atoms. The largest absolute Gasteiger partial charge is 0.478 e. The van der Waals surface area contributed by atoms with Gasteiger partial charge in [0.2, 0.25) is 0 Å². The van der Waals surface area contributed by atoms with E-state index in [4.69, 9.17) is 11.6 Å². The highest BCUT2D eigenvalue weighted by atomic mass is 35.5. The first-order valence-corrected chi connectivity index (χ1v) is 7.16. The molecule has 0 amide bonds. The smallest absolute Gasteiger partial charge is 0.418 e. The second-order valence-corrected chi connectivity index (χ2v) is 5.45. The molecule has 0 saturated carbocycles. The van der Waals surface area contributed by atoms with Gasteiger partial charge in [-0.25, -0.2) is 9.78 Å². The highest BCUT2D eigenvalue weighted by Gasteiger charge is 2.34. The van der Waals surface area contributed by atoms with Crippen LogP contribution in [0.1, 0.15) is 15.9 Å². The van der Waals surface area contributed by atoms with E-state index in [1.807, 2.05) is 0 Å². The topological polar surface area (TPSA) is 50.2 Å². The van der Waals surface area contributed by atoms with E-state index in [1.54, 1.807) is 24.3 Å². The number of hydrogen-bond donors (Lipinski definition) is 1. The van der Waals surface area contributed by atoms with Crippen LogP contribution in [-0.4, -0.2) is 16.1 Å². The number of aromatic nitrogens is 1. The van der Waals surface area contributed by atoms with Crippen LogP contribution in [0.3, 0.4) is 0 Å². The van der Waals surface area contributed by atoms with Crippen LogP contribution in [0.5, 0.6) is 0 Å². The minimum atomic E-state index is -4.65. The van der Waals surface area contributed by atoms with Crippen LogP contribution in [0.2, 0.25) is 5.02 Å². The van der Waals surface area contributed by atoms with Crippen molar-refractivity contribution >= 4 is 28.5 Å². The van der Waals surface area contributed by atoms with Crippen molar-refractivity contribution in [1.82, 2.24) is 4.98 Å². The van der Waals surface area contributed by atoms with Crippen LogP contribution < -0.4 is 0 Å². The zero-order chi connectivity index (χ0) is 17.5. The predicted molar refractivity (Wildman–Crippen MR) is 84.2 cm³/mol. The molecule has 24 heavy (non-hydrogen) atoms. The zero-order valence-corrected chi connectivity index (χ0v) is 12.7. The van der Waals surface area contributed by atoms with E-state index in [2.05, 4.69) is 4.98 Å². The van der Waals surface area contributed by atoms with Gasteiger partial charge >= 0.3 is 12.1 Å². The van der Waals surface area contributed by atoms with Crippen molar-refractivity contribution in [2.45, 2.75) is 6.18 Å². The first-order valence-electron chi connectivity index (χ1n) is 6.78. The van der Waals surface area contributed by atoms with Crippen molar-refractivity contribution in [1.29, 1.82) is 0 Å². The number of halogens is 4. The lowest BCUT2D eigenvalue weighted by atomic mass is 10.0. The fourth-order valence-electron chi connectivity index (χ4n) is 2.46. The quantitative estimate of drug-likeness (QED) is 0.684. The number of para-hydroxylation sites is 1. The van der Waals surface area contributed by atoms with E-state index in [1.165, 1.54) is 12.1 Å². The van der Waals surface area contributed by atoms with Gasteiger partial charge in [-0.05, 0) is 18.2 Å². The summed E-state index contributed by atoms with van der Waals surface area (Å²) in [7, 11) is 0. The van der Waals surface area contributed by atoms with Crippen LogP contribution in [0.15, 0.2) is 48.5 Å². The van der Waals surface area contributed by atoms with Crippen LogP contribution in [0, 0.1) is 0 Å². The van der Waals surface area contributed by atoms with Crippen LogP contribution in [0.25, 0.3) is 22.2 Å². The van der Waals surface area contributed by atoms with Gasteiger partial charge in [0.05, 0.1) is 22.3 Å². The predicted octanol–water partition coefficient (Wildman–Crippen LogP) is 5.27. The second kappa shape index (κ2) is 5.79. The molecular weight excluding hydrogens is 343 g/mol. The lowest BCUT2D eigenvalue weighted by Gasteiger charge is -2.13. The summed E-state index contributed by atoms with van der Waals surface area (Å²) in [5, 5.41) is 9.57. The number of hydrogen-bond acceptors (Lipinski definition) is 2. The number of fused-ring (bicyclic) bond motifs is 1. The Hall–Kier alpha value is -2.60. The first-order chi connectivity index (χ1) is 11.3. The molecule has 0 aliphatic rings. The number of aromatic carboxylic acids is 1. The normalized spacial score (nSPS) is 11.7. The molecule has 122 valence electrons. The van der Waals surface area contributed by atoms with Crippen molar-refractivity contribution < 1.29 is 23.1 Å². The summed E-state index contributed by atoms with van der Waals surface area (Å²) in [4.78, 5) is 15.6. The summed E-state index contributed by atoms with van der Waals surface area (Å²) >= 11 is 6.06. The maximum absolute atomic E-state index is 13.3. The molecule has 0 spiro atoms. The summed E-state index contributed by atoms with van der Waals surface area (Å²) in [6.45, 7) is 0. The Morgan fingerprint density at radius 1 is 1.08 bits per heavy atom. The van der Waals surface area contributed by atoms with E-state index in [9.17, 15) is 23.1 Å². The standard InChI is InChI=1S/C17H9ClF3NO2/c18-13-7-2-1-4-10(13)14-8-11(16(23)24)9-5-3-6-12(15(9)22-14)17(19,20)21/h1-8H,(H,23,24). The molecule has 3 rings (SSSR count). The molecule has 0 aliphatic carbocycles. The van der Waals surface area contributed by atoms with Gasteiger partial charge in [-0.1, -0.05) is 41.9 Å². The number of nitrogens with zero attached hydrogens (tertiary/aromatic N) is 1. The Bertz CT molecular complexity index is 954. The third kappa shape index (κ3) is 2.80. The number of carbonyl (C=O) groups is 1. The van der Waals surface area contributed by atoms with Gasteiger partial charge in [0.1, 0.15) is 0 Å². The summed E-state index contributed by atoms with van der Waals surface area (Å²) in [5.74, 6) is -1.34. The van der Waals surface area contributed by atoms with Crippen molar-refractivity contribution in [2.24, 2.45) is 0 Å². The third-order valence-corrected chi connectivity index (χ3v) is 3.85. The summed E-state index contributed by atoms with van der Waals surface area (Å²) < 4.78 is 39.8. The Morgan fingerprint density at radius 3 is 2.42 bits per heavy atom. The number of carboxylic acids is 1. The fourth-order valence-corrected chi connectivity index (χ4v) is 2.69. The highest BCUT2D eigenvalue weighted by Crippen LogP contribution is 2.37. The molecule has 0 saturated heterocycles. The lowest BCUT2D eigenvalue weighted by molar-refractivity contribution is -0.136. The summed E-state index contributed by atoms with van der Waals surface area (Å²) in [6.07, 6.45) is -4.65. The van der Waals surface area contributed by atoms with Crippen molar-refractivity contribution in [3.63, 3.8) is 0 Å². The second-order valence-electron chi connectivity index (χ2n) is 5.04. The lowest BCUT2D eigenvalue weighted by Crippen LogP contribution is -2.09. The Labute approximate surface area is 139 Å². The fraction of sp³-hybridized carbons (Fsp3) is 0.0588. The van der Waals surface area contributed by atoms with Gasteiger partial charge in [0.25, 0.3) is 0 Å². The monoisotopic (exact) mass is 351 g/mol. The number of carboxylic acid groups (broad SMARTS) is 1. The van der Waals surface area contributed by atoms with Gasteiger partial charge in [0, 0.05) is 16.0 Å². The van der Waals surface area contributed by atoms with Gasteiger partial charge in [-0.2, -0.15) is 13.2 Å². The van der Waals surface area contributed by atoms with Crippen LogP contribution >= 0.6 is 11.6 Å². The van der Waals surface area contributed by atoms with E-state index in [0.717, 1.165) is 12.1 Å². The maximum Gasteiger partial charge on any atom is 0.418 e. The van der Waals surface area contributed by atoms with Gasteiger partial charge in [0.15, 0.2) is 0 Å². The molecule has 1 heterocycles. The number of pyridine rings is 1. The zero-order valence-electron chi connectivity index (χ0n) is 11.9. The van der Waals surface area contributed by atoms with Crippen molar-refractivity contribution in [2.75, 3.05) is 0 Å². The van der Waals surface area contributed by atoms with Crippen LogP contribution in [-0.2, 0) is 6.18 Å². The molecule has 0 aliphatic heterocycles. The maximum atomic E-state index is 13.3. The van der Waals surface area contributed by atoms with Crippen LogP contribution in [0.4, 0.5) is 13.2 Å². The molecule has 1 aromatic heterocycles. The Morgan fingerprint density at radius 2 is 1.79 bits per heavy atom. The molecule has 0 unspecified atom stereocenters. The number of rotatable bonds is 2. The van der Waals surface area contributed by atoms with E-state index in [0.29, 0.717) is 5.56 Å². The third-order valence-electron chi connectivity index (χ3n) is 3.53. The summed E-state index contributed by atoms with van der Waals surface area (Å²) in [5.41, 5.74) is -1.24. The average molecular weight is 352 g/mol. The van der Waals surface area contributed by atoms with Gasteiger partial charge in [-0.3, -0.25) is 0 Å². The Balaban J connectivity index is 2.42. The van der Waals surface area contributed by atoms with Crippen molar-refractivity contribution in [3.8, 4) is 11.3 Å². The van der Waals surface area contributed by atoms with Crippen molar-refractivity contribution in [3.05, 3.63) is 64.7 Å². The molecule has 0 fully saturated rings. The molecular formula is C17H9ClF3NO2. The molecule has 3 aromatic rings. The number of alkyl halides is 3. The SMILES string of the molecule is O=C(O)c1cc(-c2ccccc2Cl)nc2c(C(F)(F)F)cccc12. The highest BCUT2D eigenvalue weighted by molar-refractivity contribution is 6.33. The first kappa shape index (κ1) is 16.3. The van der Waals surface area contributed by atoms with E-state index < -0.39 is 23.2 Å². The molecule has 3 nitrogen and oxygen atoms in total. The minimum absolute atomic E-state index is 0.0715.